The van der Waals surface area contributed by atoms with Gasteiger partial charge in [-0.3, -0.25) is 0 Å². The molecule has 0 amide bonds. The van der Waals surface area contributed by atoms with Gasteiger partial charge in [0.1, 0.15) is 11.5 Å². The van der Waals surface area contributed by atoms with Crippen molar-refractivity contribution in [1.29, 1.82) is 0 Å². The van der Waals surface area contributed by atoms with Crippen molar-refractivity contribution >= 4 is 0 Å². The molecule has 1 aromatic rings. The topological polar surface area (TPSA) is 30.5 Å². The summed E-state index contributed by atoms with van der Waals surface area (Å²) < 4.78 is 10.7. The van der Waals surface area contributed by atoms with Crippen molar-refractivity contribution in [3.05, 3.63) is 23.8 Å². The molecule has 1 fully saturated rings. The third-order valence-electron chi connectivity index (χ3n) is 4.13. The highest BCUT2D eigenvalue weighted by Gasteiger charge is 2.18. The normalized spacial score (nSPS) is 16.8. The average Bonchev–Trinajstić information content (AvgIpc) is 2.40. The molecule has 1 aromatic carbocycles. The molecule has 1 aliphatic carbocycles. The third-order valence-corrected chi connectivity index (χ3v) is 4.13. The van der Waals surface area contributed by atoms with Crippen LogP contribution in [0.4, 0.5) is 0 Å². The van der Waals surface area contributed by atoms with Gasteiger partial charge in [0.2, 0.25) is 0 Å². The van der Waals surface area contributed by atoms with E-state index >= 15 is 0 Å². The summed E-state index contributed by atoms with van der Waals surface area (Å²) in [7, 11) is 3.41. The first-order valence-corrected chi connectivity index (χ1v) is 7.20. The number of rotatable bonds is 7. The van der Waals surface area contributed by atoms with E-state index in [1.807, 2.05) is 12.1 Å². The lowest BCUT2D eigenvalue weighted by molar-refractivity contribution is 0.288. The molecular weight excluding hydrogens is 238 g/mol. The van der Waals surface area contributed by atoms with Gasteiger partial charge in [-0.2, -0.15) is 0 Å². The fourth-order valence-electron chi connectivity index (χ4n) is 2.57. The second-order valence-corrected chi connectivity index (χ2v) is 5.37. The van der Waals surface area contributed by atoms with Crippen LogP contribution in [0.3, 0.4) is 0 Å². The summed E-state index contributed by atoms with van der Waals surface area (Å²) in [6, 6.07) is 6.24. The van der Waals surface area contributed by atoms with E-state index in [4.69, 9.17) is 9.47 Å². The minimum absolute atomic E-state index is 0.283. The summed E-state index contributed by atoms with van der Waals surface area (Å²) in [5.74, 6) is 2.75. The van der Waals surface area contributed by atoms with E-state index in [2.05, 4.69) is 18.3 Å². The molecule has 0 aromatic heterocycles. The van der Waals surface area contributed by atoms with E-state index in [-0.39, 0.29) is 6.04 Å². The molecule has 3 heteroatoms. The van der Waals surface area contributed by atoms with Crippen LogP contribution in [0.25, 0.3) is 0 Å². The first-order chi connectivity index (χ1) is 9.24. The SMILES string of the molecule is COc1ccc(OC)c(C(C)NCCC2CCC2)c1. The first kappa shape index (κ1) is 14.2. The fraction of sp³-hybridized carbons (Fsp3) is 0.625. The van der Waals surface area contributed by atoms with Gasteiger partial charge in [-0.15, -0.1) is 0 Å². The molecular formula is C16H25NO2. The van der Waals surface area contributed by atoms with E-state index in [0.29, 0.717) is 0 Å². The van der Waals surface area contributed by atoms with E-state index in [9.17, 15) is 0 Å². The lowest BCUT2D eigenvalue weighted by Gasteiger charge is -2.26. The van der Waals surface area contributed by atoms with Crippen LogP contribution in [0.1, 0.15) is 44.2 Å². The van der Waals surface area contributed by atoms with Crippen molar-refractivity contribution < 1.29 is 9.47 Å². The Hall–Kier alpha value is -1.22. The molecule has 1 unspecified atom stereocenters. The highest BCUT2D eigenvalue weighted by atomic mass is 16.5. The molecule has 2 rings (SSSR count). The number of hydrogen-bond donors (Lipinski definition) is 1. The van der Waals surface area contributed by atoms with Crippen molar-refractivity contribution in [3.63, 3.8) is 0 Å². The first-order valence-electron chi connectivity index (χ1n) is 7.20. The van der Waals surface area contributed by atoms with Gasteiger partial charge in [0, 0.05) is 11.6 Å². The molecule has 19 heavy (non-hydrogen) atoms. The molecule has 0 spiro atoms. The van der Waals surface area contributed by atoms with Crippen LogP contribution in [0, 0.1) is 5.92 Å². The molecule has 0 radical (unpaired) electrons. The van der Waals surface area contributed by atoms with Crippen LogP contribution in [-0.4, -0.2) is 20.8 Å². The molecule has 0 aliphatic heterocycles. The molecule has 1 N–H and O–H groups in total. The Kier molecular flexibility index (Phi) is 5.08. The Labute approximate surface area is 116 Å². The molecule has 3 nitrogen and oxygen atoms in total. The van der Waals surface area contributed by atoms with Gasteiger partial charge in [-0.05, 0) is 44.0 Å². The maximum Gasteiger partial charge on any atom is 0.123 e. The van der Waals surface area contributed by atoms with Gasteiger partial charge in [0.05, 0.1) is 14.2 Å². The maximum absolute atomic E-state index is 5.43. The molecule has 0 saturated heterocycles. The lowest BCUT2D eigenvalue weighted by atomic mass is 9.83. The lowest BCUT2D eigenvalue weighted by Crippen LogP contribution is -2.24. The zero-order valence-electron chi connectivity index (χ0n) is 12.2. The van der Waals surface area contributed by atoms with Crippen molar-refractivity contribution in [3.8, 4) is 11.5 Å². The highest BCUT2D eigenvalue weighted by Crippen LogP contribution is 2.31. The van der Waals surface area contributed by atoms with Gasteiger partial charge in [0.15, 0.2) is 0 Å². The number of hydrogen-bond acceptors (Lipinski definition) is 3. The molecule has 0 heterocycles. The smallest absolute Gasteiger partial charge is 0.123 e. The van der Waals surface area contributed by atoms with Gasteiger partial charge in [-0.25, -0.2) is 0 Å². The number of benzene rings is 1. The van der Waals surface area contributed by atoms with Crippen LogP contribution in [-0.2, 0) is 0 Å². The Morgan fingerprint density at radius 3 is 2.63 bits per heavy atom. The van der Waals surface area contributed by atoms with Crippen LogP contribution >= 0.6 is 0 Å². The van der Waals surface area contributed by atoms with Crippen LogP contribution in [0.2, 0.25) is 0 Å². The van der Waals surface area contributed by atoms with Crippen LogP contribution < -0.4 is 14.8 Å². The third kappa shape index (κ3) is 3.63. The second kappa shape index (κ2) is 6.80. The van der Waals surface area contributed by atoms with Gasteiger partial charge < -0.3 is 14.8 Å². The van der Waals surface area contributed by atoms with Crippen molar-refractivity contribution in [2.45, 2.75) is 38.6 Å². The van der Waals surface area contributed by atoms with Gasteiger partial charge in [-0.1, -0.05) is 19.3 Å². The zero-order valence-corrected chi connectivity index (χ0v) is 12.2. The summed E-state index contributed by atoms with van der Waals surface area (Å²) in [4.78, 5) is 0. The van der Waals surface area contributed by atoms with Crippen molar-refractivity contribution in [2.24, 2.45) is 5.92 Å². The Bertz CT molecular complexity index is 402. The van der Waals surface area contributed by atoms with Crippen molar-refractivity contribution in [2.75, 3.05) is 20.8 Å². The molecule has 1 saturated carbocycles. The quantitative estimate of drug-likeness (QED) is 0.816. The summed E-state index contributed by atoms with van der Waals surface area (Å²) >= 11 is 0. The second-order valence-electron chi connectivity index (χ2n) is 5.37. The Morgan fingerprint density at radius 1 is 1.26 bits per heavy atom. The molecule has 0 bridgehead atoms. The highest BCUT2D eigenvalue weighted by molar-refractivity contribution is 5.42. The summed E-state index contributed by atoms with van der Waals surface area (Å²) in [5, 5.41) is 3.59. The molecule has 1 atom stereocenters. The summed E-state index contributed by atoms with van der Waals surface area (Å²) in [6.07, 6.45) is 5.54. The van der Waals surface area contributed by atoms with Crippen LogP contribution in [0.15, 0.2) is 18.2 Å². The molecule has 1 aliphatic rings. The number of nitrogens with one attached hydrogen (secondary N) is 1. The van der Waals surface area contributed by atoms with E-state index in [1.165, 1.54) is 25.7 Å². The van der Waals surface area contributed by atoms with E-state index in [0.717, 1.165) is 29.5 Å². The summed E-state index contributed by atoms with van der Waals surface area (Å²) in [6.45, 7) is 3.25. The zero-order chi connectivity index (χ0) is 13.7. The average molecular weight is 263 g/mol. The predicted octanol–water partition coefficient (Wildman–Crippen LogP) is 3.54. The van der Waals surface area contributed by atoms with E-state index < -0.39 is 0 Å². The predicted molar refractivity (Wildman–Crippen MR) is 77.9 cm³/mol. The largest absolute Gasteiger partial charge is 0.497 e. The fourth-order valence-corrected chi connectivity index (χ4v) is 2.57. The Balaban J connectivity index is 1.93. The summed E-state index contributed by atoms with van der Waals surface area (Å²) in [5.41, 5.74) is 1.16. The van der Waals surface area contributed by atoms with Crippen molar-refractivity contribution in [1.82, 2.24) is 5.32 Å². The molecule has 106 valence electrons. The minimum Gasteiger partial charge on any atom is -0.497 e. The standard InChI is InChI=1S/C16H25NO2/c1-12(17-10-9-13-5-4-6-13)15-11-14(18-2)7-8-16(15)19-3/h7-8,11-13,17H,4-6,9-10H2,1-3H3. The van der Waals surface area contributed by atoms with Gasteiger partial charge >= 0.3 is 0 Å². The minimum atomic E-state index is 0.283. The van der Waals surface area contributed by atoms with Crippen LogP contribution in [0.5, 0.6) is 11.5 Å². The Morgan fingerprint density at radius 2 is 2.05 bits per heavy atom. The van der Waals surface area contributed by atoms with Gasteiger partial charge in [0.25, 0.3) is 0 Å². The number of methoxy groups -OCH3 is 2. The maximum atomic E-state index is 5.43. The number of ether oxygens (including phenoxy) is 2. The monoisotopic (exact) mass is 263 g/mol. The van der Waals surface area contributed by atoms with E-state index in [1.54, 1.807) is 14.2 Å².